The normalized spacial score (nSPS) is 18.0. The van der Waals surface area contributed by atoms with Crippen molar-refractivity contribution in [3.8, 4) is 0 Å². The van der Waals surface area contributed by atoms with Crippen molar-refractivity contribution in [2.24, 2.45) is 0 Å². The van der Waals surface area contributed by atoms with Crippen LogP contribution in [0.3, 0.4) is 0 Å². The smallest absolute Gasteiger partial charge is 0.303 e. The number of carbonyl (C=O) groups excluding carboxylic acids is 2. The highest BCUT2D eigenvalue weighted by Crippen LogP contribution is 2.45. The molecular formula is C22H24N2O4. The Morgan fingerprint density at radius 2 is 1.75 bits per heavy atom. The second-order valence-electron chi connectivity index (χ2n) is 7.15. The maximum absolute atomic E-state index is 13.3. The van der Waals surface area contributed by atoms with Gasteiger partial charge in [0.2, 0.25) is 11.8 Å². The van der Waals surface area contributed by atoms with Crippen LogP contribution in [-0.4, -0.2) is 36.5 Å². The molecule has 2 aromatic carbocycles. The number of benzene rings is 2. The van der Waals surface area contributed by atoms with Crippen LogP contribution in [0, 0.1) is 0 Å². The number of carboxylic acid groups (broad SMARTS) is 1. The minimum Gasteiger partial charge on any atom is -0.481 e. The summed E-state index contributed by atoms with van der Waals surface area (Å²) in [5, 5.41) is 11.5. The fourth-order valence-corrected chi connectivity index (χ4v) is 3.87. The Morgan fingerprint density at radius 1 is 1.07 bits per heavy atom. The molecule has 0 saturated heterocycles. The molecule has 0 aliphatic carbocycles. The fraction of sp³-hybridized carbons (Fsp3) is 0.318. The van der Waals surface area contributed by atoms with E-state index in [2.05, 4.69) is 5.32 Å². The van der Waals surface area contributed by atoms with E-state index in [1.165, 1.54) is 0 Å². The number of aliphatic carboxylic acids is 1. The van der Waals surface area contributed by atoms with Gasteiger partial charge in [0.25, 0.3) is 0 Å². The van der Waals surface area contributed by atoms with Gasteiger partial charge in [-0.15, -0.1) is 0 Å². The number of rotatable bonds is 8. The van der Waals surface area contributed by atoms with Gasteiger partial charge in [-0.3, -0.25) is 14.4 Å². The highest BCUT2D eigenvalue weighted by molar-refractivity contribution is 6.09. The first-order valence-corrected chi connectivity index (χ1v) is 9.34. The van der Waals surface area contributed by atoms with Gasteiger partial charge in [0.15, 0.2) is 0 Å². The second-order valence-corrected chi connectivity index (χ2v) is 7.15. The van der Waals surface area contributed by atoms with Crippen molar-refractivity contribution in [1.29, 1.82) is 0 Å². The van der Waals surface area contributed by atoms with Crippen LogP contribution < -0.4 is 10.2 Å². The molecule has 0 spiro atoms. The molecule has 28 heavy (non-hydrogen) atoms. The molecule has 3 rings (SSSR count). The third-order valence-corrected chi connectivity index (χ3v) is 5.20. The second kappa shape index (κ2) is 8.25. The van der Waals surface area contributed by atoms with E-state index in [1.807, 2.05) is 54.6 Å². The van der Waals surface area contributed by atoms with E-state index in [-0.39, 0.29) is 31.2 Å². The molecule has 1 aliphatic heterocycles. The van der Waals surface area contributed by atoms with E-state index in [0.717, 1.165) is 16.8 Å². The molecule has 6 nitrogen and oxygen atoms in total. The van der Waals surface area contributed by atoms with Crippen LogP contribution in [-0.2, 0) is 26.2 Å². The topological polar surface area (TPSA) is 86.7 Å². The molecule has 0 saturated carbocycles. The Bertz CT molecular complexity index is 881. The van der Waals surface area contributed by atoms with Crippen molar-refractivity contribution >= 4 is 23.5 Å². The molecule has 0 bridgehead atoms. The summed E-state index contributed by atoms with van der Waals surface area (Å²) in [7, 11) is 1.73. The molecule has 6 heteroatoms. The lowest BCUT2D eigenvalue weighted by molar-refractivity contribution is -0.137. The van der Waals surface area contributed by atoms with Crippen LogP contribution in [0.1, 0.15) is 30.4 Å². The molecule has 1 atom stereocenters. The van der Waals surface area contributed by atoms with Gasteiger partial charge in [0, 0.05) is 32.1 Å². The van der Waals surface area contributed by atoms with E-state index < -0.39 is 11.4 Å². The number of anilines is 1. The third-order valence-electron chi connectivity index (χ3n) is 5.20. The average Bonchev–Trinajstić information content (AvgIpc) is 2.88. The summed E-state index contributed by atoms with van der Waals surface area (Å²) < 4.78 is 0. The van der Waals surface area contributed by atoms with E-state index >= 15 is 0 Å². The molecule has 1 aliphatic rings. The van der Waals surface area contributed by atoms with Gasteiger partial charge in [-0.1, -0.05) is 48.5 Å². The number of hydrogen-bond acceptors (Lipinski definition) is 3. The summed E-state index contributed by atoms with van der Waals surface area (Å²) in [4.78, 5) is 38.2. The largest absolute Gasteiger partial charge is 0.481 e. The Labute approximate surface area is 164 Å². The predicted molar refractivity (Wildman–Crippen MR) is 106 cm³/mol. The third kappa shape index (κ3) is 3.91. The summed E-state index contributed by atoms with van der Waals surface area (Å²) >= 11 is 0. The van der Waals surface area contributed by atoms with Gasteiger partial charge in [-0.2, -0.15) is 0 Å². The zero-order valence-electron chi connectivity index (χ0n) is 15.9. The average molecular weight is 380 g/mol. The Kier molecular flexibility index (Phi) is 5.78. The van der Waals surface area contributed by atoms with Crippen LogP contribution in [0.4, 0.5) is 5.69 Å². The van der Waals surface area contributed by atoms with Gasteiger partial charge >= 0.3 is 5.97 Å². The first-order chi connectivity index (χ1) is 13.4. The van der Waals surface area contributed by atoms with Crippen molar-refractivity contribution in [2.75, 3.05) is 18.5 Å². The minimum atomic E-state index is -0.969. The molecule has 1 heterocycles. The molecule has 2 aromatic rings. The van der Waals surface area contributed by atoms with Gasteiger partial charge in [0.05, 0.1) is 5.41 Å². The lowest BCUT2D eigenvalue weighted by Gasteiger charge is -2.28. The highest BCUT2D eigenvalue weighted by atomic mass is 16.4. The summed E-state index contributed by atoms with van der Waals surface area (Å²) in [5.41, 5.74) is 1.69. The molecule has 0 aromatic heterocycles. The molecule has 1 unspecified atom stereocenters. The highest BCUT2D eigenvalue weighted by Gasteiger charge is 2.50. The number of fused-ring (bicyclic) bond motifs is 1. The minimum absolute atomic E-state index is 0.0000596. The monoisotopic (exact) mass is 380 g/mol. The summed E-state index contributed by atoms with van der Waals surface area (Å²) in [6.07, 6.45) is 0.808. The van der Waals surface area contributed by atoms with E-state index in [9.17, 15) is 14.4 Å². The van der Waals surface area contributed by atoms with Crippen molar-refractivity contribution < 1.29 is 19.5 Å². The number of nitrogens with zero attached hydrogens (tertiary/aromatic N) is 1. The number of nitrogens with one attached hydrogen (secondary N) is 1. The van der Waals surface area contributed by atoms with Gasteiger partial charge in [0.1, 0.15) is 0 Å². The predicted octanol–water partition coefficient (Wildman–Crippen LogP) is 2.51. The molecule has 0 radical (unpaired) electrons. The van der Waals surface area contributed by atoms with Crippen molar-refractivity contribution in [1.82, 2.24) is 5.32 Å². The van der Waals surface area contributed by atoms with Crippen molar-refractivity contribution in [3.63, 3.8) is 0 Å². The van der Waals surface area contributed by atoms with Crippen molar-refractivity contribution in [3.05, 3.63) is 65.7 Å². The van der Waals surface area contributed by atoms with Crippen LogP contribution in [0.5, 0.6) is 0 Å². The zero-order chi connectivity index (χ0) is 20.1. The lowest BCUT2D eigenvalue weighted by atomic mass is 9.73. The molecule has 2 N–H and O–H groups in total. The first-order valence-electron chi connectivity index (χ1n) is 9.34. The quantitative estimate of drug-likeness (QED) is 0.689. The standard InChI is InChI=1S/C22H24N2O4/c1-24-18-11-6-5-10-17(18)22(21(24)28,14-16-8-3-2-4-9-16)15-19(25)23-13-7-12-20(26)27/h2-6,8-11H,7,12-15H2,1H3,(H,23,25)(H,26,27). The number of para-hydroxylation sites is 1. The SMILES string of the molecule is CN1C(=O)C(CC(=O)NCCCC(=O)O)(Cc2ccccc2)c2ccccc21. The number of carboxylic acids is 1. The van der Waals surface area contributed by atoms with E-state index in [1.54, 1.807) is 11.9 Å². The van der Waals surface area contributed by atoms with E-state index in [0.29, 0.717) is 12.8 Å². The molecular weight excluding hydrogens is 356 g/mol. The summed E-state index contributed by atoms with van der Waals surface area (Å²) in [6, 6.07) is 17.3. The number of likely N-dealkylation sites (N-methyl/N-ethyl adjacent to an activating group) is 1. The van der Waals surface area contributed by atoms with Crippen LogP contribution in [0.2, 0.25) is 0 Å². The molecule has 146 valence electrons. The van der Waals surface area contributed by atoms with Gasteiger partial charge < -0.3 is 15.3 Å². The van der Waals surface area contributed by atoms with Gasteiger partial charge in [-0.05, 0) is 30.0 Å². The van der Waals surface area contributed by atoms with Gasteiger partial charge in [-0.25, -0.2) is 0 Å². The van der Waals surface area contributed by atoms with Crippen LogP contribution >= 0.6 is 0 Å². The van der Waals surface area contributed by atoms with E-state index in [4.69, 9.17) is 5.11 Å². The fourth-order valence-electron chi connectivity index (χ4n) is 3.87. The number of amides is 2. The maximum Gasteiger partial charge on any atom is 0.303 e. The number of carbonyl (C=O) groups is 3. The van der Waals surface area contributed by atoms with Crippen LogP contribution in [0.15, 0.2) is 54.6 Å². The molecule has 2 amide bonds. The maximum atomic E-state index is 13.3. The van der Waals surface area contributed by atoms with Crippen LogP contribution in [0.25, 0.3) is 0 Å². The van der Waals surface area contributed by atoms with Crippen molar-refractivity contribution in [2.45, 2.75) is 31.1 Å². The Balaban J connectivity index is 1.87. The number of hydrogen-bond donors (Lipinski definition) is 2. The Morgan fingerprint density at radius 3 is 2.46 bits per heavy atom. The lowest BCUT2D eigenvalue weighted by Crippen LogP contribution is -2.44. The summed E-state index contributed by atoms with van der Waals surface area (Å²) in [5.74, 6) is -1.24. The summed E-state index contributed by atoms with van der Waals surface area (Å²) in [6.45, 7) is 0.276. The Hall–Kier alpha value is -3.15. The first kappa shape index (κ1) is 19.6. The zero-order valence-corrected chi connectivity index (χ0v) is 15.9. The molecule has 0 fully saturated rings.